The third-order valence-electron chi connectivity index (χ3n) is 2.88. The Morgan fingerprint density at radius 3 is 2.95 bits per heavy atom. The zero-order valence-electron chi connectivity index (χ0n) is 10.7. The van der Waals surface area contributed by atoms with Gasteiger partial charge in [0, 0.05) is 12.0 Å². The minimum absolute atomic E-state index is 0.161. The van der Waals surface area contributed by atoms with Gasteiger partial charge in [0.1, 0.15) is 11.9 Å². The van der Waals surface area contributed by atoms with E-state index in [1.165, 1.54) is 0 Å². The van der Waals surface area contributed by atoms with E-state index in [1.807, 2.05) is 26.0 Å². The molecule has 1 aromatic heterocycles. The standard InChI is InChI=1S/C14H13FN2O2/c1-14(2)7-9-4-3-5-10(13(9)19-14)18-12-6-11(15)16-8-17-12/h3-6,8H,7H2,1-2H3. The summed E-state index contributed by atoms with van der Waals surface area (Å²) in [5.41, 5.74) is 0.829. The highest BCUT2D eigenvalue weighted by Gasteiger charge is 2.32. The summed E-state index contributed by atoms with van der Waals surface area (Å²) in [6.45, 7) is 4.03. The third kappa shape index (κ3) is 2.36. The number of rotatable bonds is 2. The molecule has 2 aromatic rings. The van der Waals surface area contributed by atoms with Crippen molar-refractivity contribution in [2.75, 3.05) is 0 Å². The molecule has 0 spiro atoms. The first-order valence-corrected chi connectivity index (χ1v) is 6.00. The maximum Gasteiger partial charge on any atom is 0.225 e. The largest absolute Gasteiger partial charge is 0.483 e. The minimum Gasteiger partial charge on any atom is -0.483 e. The van der Waals surface area contributed by atoms with Crippen molar-refractivity contribution in [1.82, 2.24) is 9.97 Å². The molecule has 0 saturated carbocycles. The lowest BCUT2D eigenvalue weighted by atomic mass is 10.0. The van der Waals surface area contributed by atoms with Crippen molar-refractivity contribution in [2.45, 2.75) is 25.9 Å². The number of nitrogens with zero attached hydrogens (tertiary/aromatic N) is 2. The summed E-state index contributed by atoms with van der Waals surface area (Å²) < 4.78 is 24.4. The topological polar surface area (TPSA) is 44.2 Å². The van der Waals surface area contributed by atoms with Gasteiger partial charge in [-0.05, 0) is 19.9 Å². The van der Waals surface area contributed by atoms with Crippen LogP contribution in [-0.2, 0) is 6.42 Å². The summed E-state index contributed by atoms with van der Waals surface area (Å²) in [5.74, 6) is 0.778. The van der Waals surface area contributed by atoms with Gasteiger partial charge >= 0.3 is 0 Å². The van der Waals surface area contributed by atoms with E-state index in [0.717, 1.165) is 24.4 Å². The van der Waals surface area contributed by atoms with E-state index >= 15 is 0 Å². The van der Waals surface area contributed by atoms with Crippen molar-refractivity contribution in [3.8, 4) is 17.4 Å². The molecule has 0 aliphatic carbocycles. The Kier molecular flexibility index (Phi) is 2.62. The van der Waals surface area contributed by atoms with E-state index in [-0.39, 0.29) is 11.5 Å². The van der Waals surface area contributed by atoms with Gasteiger partial charge in [0.05, 0.1) is 6.07 Å². The Hall–Kier alpha value is -2.17. The van der Waals surface area contributed by atoms with Crippen molar-refractivity contribution >= 4 is 0 Å². The summed E-state index contributed by atoms with van der Waals surface area (Å²) in [5, 5.41) is 0. The average molecular weight is 260 g/mol. The third-order valence-corrected chi connectivity index (χ3v) is 2.88. The van der Waals surface area contributed by atoms with Crippen molar-refractivity contribution in [3.05, 3.63) is 42.1 Å². The first-order chi connectivity index (χ1) is 9.03. The fourth-order valence-electron chi connectivity index (χ4n) is 2.15. The van der Waals surface area contributed by atoms with Gasteiger partial charge in [-0.2, -0.15) is 4.39 Å². The van der Waals surface area contributed by atoms with Crippen LogP contribution in [0.25, 0.3) is 0 Å². The van der Waals surface area contributed by atoms with Gasteiger partial charge in [0.25, 0.3) is 0 Å². The molecule has 0 unspecified atom stereocenters. The highest BCUT2D eigenvalue weighted by Crippen LogP contribution is 2.42. The first-order valence-electron chi connectivity index (χ1n) is 6.00. The average Bonchev–Trinajstić information content (AvgIpc) is 2.64. The van der Waals surface area contributed by atoms with Crippen molar-refractivity contribution < 1.29 is 13.9 Å². The maximum atomic E-state index is 13.0. The second kappa shape index (κ2) is 4.19. The van der Waals surface area contributed by atoms with Gasteiger partial charge in [0.15, 0.2) is 11.5 Å². The van der Waals surface area contributed by atoms with Crippen LogP contribution in [-0.4, -0.2) is 15.6 Å². The highest BCUT2D eigenvalue weighted by molar-refractivity contribution is 5.51. The fraction of sp³-hybridized carbons (Fsp3) is 0.286. The minimum atomic E-state index is -0.626. The van der Waals surface area contributed by atoms with Crippen LogP contribution in [0.1, 0.15) is 19.4 Å². The van der Waals surface area contributed by atoms with Gasteiger partial charge < -0.3 is 9.47 Å². The zero-order valence-corrected chi connectivity index (χ0v) is 10.7. The van der Waals surface area contributed by atoms with E-state index in [4.69, 9.17) is 9.47 Å². The molecule has 2 heterocycles. The van der Waals surface area contributed by atoms with Gasteiger partial charge in [-0.1, -0.05) is 12.1 Å². The lowest BCUT2D eigenvalue weighted by Crippen LogP contribution is -2.24. The van der Waals surface area contributed by atoms with E-state index < -0.39 is 5.95 Å². The van der Waals surface area contributed by atoms with E-state index in [0.29, 0.717) is 11.5 Å². The first kappa shape index (κ1) is 11.9. The van der Waals surface area contributed by atoms with Gasteiger partial charge in [0.2, 0.25) is 11.8 Å². The Bertz CT molecular complexity index is 629. The normalized spacial score (nSPS) is 15.7. The number of para-hydroxylation sites is 1. The number of halogens is 1. The number of hydrogen-bond acceptors (Lipinski definition) is 4. The van der Waals surface area contributed by atoms with Crippen LogP contribution in [0, 0.1) is 5.95 Å². The molecule has 0 N–H and O–H groups in total. The number of hydrogen-bond donors (Lipinski definition) is 0. The predicted octanol–water partition coefficient (Wildman–Crippen LogP) is 3.12. The number of aromatic nitrogens is 2. The molecule has 5 heteroatoms. The molecule has 0 bridgehead atoms. The Morgan fingerprint density at radius 2 is 2.16 bits per heavy atom. The van der Waals surface area contributed by atoms with E-state index in [9.17, 15) is 4.39 Å². The van der Waals surface area contributed by atoms with Crippen LogP contribution < -0.4 is 9.47 Å². The van der Waals surface area contributed by atoms with Crippen LogP contribution in [0.4, 0.5) is 4.39 Å². The molecule has 3 rings (SSSR count). The van der Waals surface area contributed by atoms with Crippen LogP contribution >= 0.6 is 0 Å². The maximum absolute atomic E-state index is 13.0. The molecule has 0 amide bonds. The highest BCUT2D eigenvalue weighted by atomic mass is 19.1. The van der Waals surface area contributed by atoms with Crippen LogP contribution in [0.15, 0.2) is 30.6 Å². The summed E-state index contributed by atoms with van der Waals surface area (Å²) in [4.78, 5) is 7.26. The van der Waals surface area contributed by atoms with Crippen LogP contribution in [0.5, 0.6) is 17.4 Å². The van der Waals surface area contributed by atoms with Crippen molar-refractivity contribution in [3.63, 3.8) is 0 Å². The molecule has 0 saturated heterocycles. The van der Waals surface area contributed by atoms with Gasteiger partial charge in [-0.15, -0.1) is 0 Å². The molecule has 0 atom stereocenters. The summed E-state index contributed by atoms with van der Waals surface area (Å²) in [6.07, 6.45) is 1.94. The van der Waals surface area contributed by atoms with Gasteiger partial charge in [-0.3, -0.25) is 0 Å². The monoisotopic (exact) mass is 260 g/mol. The van der Waals surface area contributed by atoms with Crippen molar-refractivity contribution in [1.29, 1.82) is 0 Å². The van der Waals surface area contributed by atoms with Gasteiger partial charge in [-0.25, -0.2) is 9.97 Å². The molecular formula is C14H13FN2O2. The lowest BCUT2D eigenvalue weighted by molar-refractivity contribution is 0.135. The molecule has 4 nitrogen and oxygen atoms in total. The second-order valence-corrected chi connectivity index (χ2v) is 5.06. The summed E-state index contributed by atoms with van der Waals surface area (Å²) >= 11 is 0. The molecule has 1 aliphatic rings. The smallest absolute Gasteiger partial charge is 0.225 e. The van der Waals surface area contributed by atoms with Crippen LogP contribution in [0.2, 0.25) is 0 Å². The molecule has 98 valence electrons. The van der Waals surface area contributed by atoms with E-state index in [2.05, 4.69) is 9.97 Å². The molecule has 0 radical (unpaired) electrons. The number of fused-ring (bicyclic) bond motifs is 1. The molecule has 1 aliphatic heterocycles. The Balaban J connectivity index is 1.94. The molecule has 0 fully saturated rings. The SMILES string of the molecule is CC1(C)Cc2cccc(Oc3cc(F)ncn3)c2O1. The summed E-state index contributed by atoms with van der Waals surface area (Å²) in [7, 11) is 0. The Labute approximate surface area is 110 Å². The predicted molar refractivity (Wildman–Crippen MR) is 66.9 cm³/mol. The summed E-state index contributed by atoms with van der Waals surface area (Å²) in [6, 6.07) is 6.80. The Morgan fingerprint density at radius 1 is 1.32 bits per heavy atom. The van der Waals surface area contributed by atoms with Crippen LogP contribution in [0.3, 0.4) is 0 Å². The fourth-order valence-corrected chi connectivity index (χ4v) is 2.15. The zero-order chi connectivity index (χ0) is 13.5. The van der Waals surface area contributed by atoms with E-state index in [1.54, 1.807) is 6.07 Å². The molecular weight excluding hydrogens is 247 g/mol. The second-order valence-electron chi connectivity index (χ2n) is 5.06. The molecule has 1 aromatic carbocycles. The number of ether oxygens (including phenoxy) is 2. The van der Waals surface area contributed by atoms with Crippen molar-refractivity contribution in [2.24, 2.45) is 0 Å². The number of benzene rings is 1. The lowest BCUT2D eigenvalue weighted by Gasteiger charge is -2.18. The molecule has 19 heavy (non-hydrogen) atoms. The quantitative estimate of drug-likeness (QED) is 0.778.